The summed E-state index contributed by atoms with van der Waals surface area (Å²) in [6.07, 6.45) is 4.24. The molecule has 0 amide bonds. The van der Waals surface area contributed by atoms with Crippen molar-refractivity contribution in [2.75, 3.05) is 0 Å². The van der Waals surface area contributed by atoms with Crippen LogP contribution in [-0.4, -0.2) is 4.86 Å². The summed E-state index contributed by atoms with van der Waals surface area (Å²) in [5, 5.41) is 3.50. The molecule has 0 aromatic heterocycles. The summed E-state index contributed by atoms with van der Waals surface area (Å²) in [4.78, 5) is 1.07. The molecule has 1 nitrogen and oxygen atoms in total. The summed E-state index contributed by atoms with van der Waals surface area (Å²) < 4.78 is 0. The molecule has 1 N–H and O–H groups in total. The highest BCUT2D eigenvalue weighted by atomic mass is 32.1. The van der Waals surface area contributed by atoms with E-state index >= 15 is 0 Å². The van der Waals surface area contributed by atoms with Crippen molar-refractivity contribution in [3.05, 3.63) is 47.7 Å². The van der Waals surface area contributed by atoms with E-state index < -0.39 is 0 Å². The normalized spacial score (nSPS) is 18.7. The number of thiocarbonyl (C=S) groups is 1. The fourth-order valence-electron chi connectivity index (χ4n) is 2.27. The Morgan fingerprint density at radius 2 is 1.88 bits per heavy atom. The molecule has 0 saturated heterocycles. The number of hydrogen-bond acceptors (Lipinski definition) is 2. The Balaban J connectivity index is 1.98. The molecule has 0 heterocycles. The molecule has 0 spiro atoms. The Labute approximate surface area is 109 Å². The Morgan fingerprint density at radius 1 is 1.18 bits per heavy atom. The van der Waals surface area contributed by atoms with Crippen molar-refractivity contribution < 1.29 is 0 Å². The standard InChI is InChI=1S/C15H19NS/c1-15(2)9-13(8-14(17)10-15)16-11-12-6-4-3-5-7-12/h3-8,16H,9-11H2,1-2H3. The molecule has 1 aromatic rings. The van der Waals surface area contributed by atoms with Crippen LogP contribution in [0.15, 0.2) is 42.1 Å². The van der Waals surface area contributed by atoms with Crippen LogP contribution < -0.4 is 5.32 Å². The first-order valence-corrected chi connectivity index (χ1v) is 6.47. The second-order valence-electron chi connectivity index (χ2n) is 5.49. The van der Waals surface area contributed by atoms with Gasteiger partial charge < -0.3 is 5.32 Å². The first kappa shape index (κ1) is 12.3. The van der Waals surface area contributed by atoms with Gasteiger partial charge in [0.2, 0.25) is 0 Å². The van der Waals surface area contributed by atoms with E-state index in [9.17, 15) is 0 Å². The molecule has 0 atom stereocenters. The summed E-state index contributed by atoms with van der Waals surface area (Å²) in [6.45, 7) is 5.43. The minimum absolute atomic E-state index is 0.296. The van der Waals surface area contributed by atoms with E-state index in [4.69, 9.17) is 12.2 Å². The van der Waals surface area contributed by atoms with E-state index in [1.807, 2.05) is 6.07 Å². The monoisotopic (exact) mass is 245 g/mol. The summed E-state index contributed by atoms with van der Waals surface area (Å²) >= 11 is 5.35. The Bertz CT molecular complexity index is 431. The quantitative estimate of drug-likeness (QED) is 0.812. The van der Waals surface area contributed by atoms with Gasteiger partial charge in [-0.15, -0.1) is 0 Å². The molecule has 17 heavy (non-hydrogen) atoms. The SMILES string of the molecule is CC1(C)CC(=S)C=C(NCc2ccccc2)C1. The van der Waals surface area contributed by atoms with Crippen LogP contribution in [0.2, 0.25) is 0 Å². The maximum absolute atomic E-state index is 5.35. The van der Waals surface area contributed by atoms with Gasteiger partial charge in [-0.25, -0.2) is 0 Å². The van der Waals surface area contributed by atoms with Crippen LogP contribution in [0.4, 0.5) is 0 Å². The zero-order valence-corrected chi connectivity index (χ0v) is 11.3. The van der Waals surface area contributed by atoms with Crippen molar-refractivity contribution in [3.63, 3.8) is 0 Å². The van der Waals surface area contributed by atoms with Crippen LogP contribution in [0, 0.1) is 5.41 Å². The molecule has 0 aliphatic heterocycles. The van der Waals surface area contributed by atoms with E-state index in [1.54, 1.807) is 0 Å². The number of rotatable bonds is 3. The van der Waals surface area contributed by atoms with Gasteiger partial charge in [0.15, 0.2) is 0 Å². The third kappa shape index (κ3) is 3.67. The van der Waals surface area contributed by atoms with Crippen LogP contribution in [0.25, 0.3) is 0 Å². The molecular formula is C15H19NS. The van der Waals surface area contributed by atoms with E-state index in [0.29, 0.717) is 5.41 Å². The minimum atomic E-state index is 0.296. The summed E-state index contributed by atoms with van der Waals surface area (Å²) in [5.74, 6) is 0. The zero-order chi connectivity index (χ0) is 12.3. The maximum Gasteiger partial charge on any atom is 0.0397 e. The molecule has 0 bridgehead atoms. The van der Waals surface area contributed by atoms with Gasteiger partial charge in [-0.1, -0.05) is 56.4 Å². The van der Waals surface area contributed by atoms with Gasteiger partial charge in [0.1, 0.15) is 0 Å². The molecule has 0 unspecified atom stereocenters. The van der Waals surface area contributed by atoms with Crippen molar-refractivity contribution in [1.29, 1.82) is 0 Å². The van der Waals surface area contributed by atoms with Crippen LogP contribution in [0.5, 0.6) is 0 Å². The fraction of sp³-hybridized carbons (Fsp3) is 0.400. The molecule has 1 aliphatic rings. The van der Waals surface area contributed by atoms with Crippen molar-refractivity contribution in [2.45, 2.75) is 33.2 Å². The highest BCUT2D eigenvalue weighted by molar-refractivity contribution is 7.80. The molecule has 0 saturated carbocycles. The summed E-state index contributed by atoms with van der Waals surface area (Å²) in [7, 11) is 0. The van der Waals surface area contributed by atoms with Gasteiger partial charge in [0.05, 0.1) is 0 Å². The second-order valence-corrected chi connectivity index (χ2v) is 6.02. The molecule has 90 valence electrons. The van der Waals surface area contributed by atoms with Crippen molar-refractivity contribution >= 4 is 17.1 Å². The smallest absolute Gasteiger partial charge is 0.0397 e. The van der Waals surface area contributed by atoms with Gasteiger partial charge in [-0.3, -0.25) is 0 Å². The predicted molar refractivity (Wildman–Crippen MR) is 77.0 cm³/mol. The number of allylic oxidation sites excluding steroid dienone is 2. The molecule has 1 aliphatic carbocycles. The topological polar surface area (TPSA) is 12.0 Å². The third-order valence-electron chi connectivity index (χ3n) is 3.02. The molecule has 0 radical (unpaired) electrons. The number of nitrogens with one attached hydrogen (secondary N) is 1. The lowest BCUT2D eigenvalue weighted by Gasteiger charge is -2.30. The van der Waals surface area contributed by atoms with Crippen LogP contribution >= 0.6 is 12.2 Å². The van der Waals surface area contributed by atoms with Gasteiger partial charge in [-0.05, 0) is 29.9 Å². The average Bonchev–Trinajstić information content (AvgIpc) is 2.25. The van der Waals surface area contributed by atoms with E-state index in [2.05, 4.69) is 49.5 Å². The first-order valence-electron chi connectivity index (χ1n) is 6.06. The van der Waals surface area contributed by atoms with Crippen molar-refractivity contribution in [1.82, 2.24) is 5.32 Å². The maximum atomic E-state index is 5.35. The fourth-order valence-corrected chi connectivity index (χ4v) is 2.80. The second kappa shape index (κ2) is 5.01. The highest BCUT2D eigenvalue weighted by Gasteiger charge is 2.25. The molecule has 0 fully saturated rings. The molecule has 2 rings (SSSR count). The number of hydrogen-bond donors (Lipinski definition) is 1. The largest absolute Gasteiger partial charge is 0.384 e. The van der Waals surface area contributed by atoms with Gasteiger partial charge in [0.25, 0.3) is 0 Å². The van der Waals surface area contributed by atoms with E-state index in [1.165, 1.54) is 11.3 Å². The summed E-state index contributed by atoms with van der Waals surface area (Å²) in [6, 6.07) is 10.5. The first-order chi connectivity index (χ1) is 8.05. The van der Waals surface area contributed by atoms with Crippen LogP contribution in [-0.2, 0) is 6.54 Å². The number of benzene rings is 1. The average molecular weight is 245 g/mol. The zero-order valence-electron chi connectivity index (χ0n) is 10.5. The minimum Gasteiger partial charge on any atom is -0.384 e. The third-order valence-corrected chi connectivity index (χ3v) is 3.28. The van der Waals surface area contributed by atoms with Gasteiger partial charge >= 0.3 is 0 Å². The molecule has 2 heteroatoms. The van der Waals surface area contributed by atoms with Gasteiger partial charge in [0, 0.05) is 17.1 Å². The Hall–Kier alpha value is -1.15. The van der Waals surface area contributed by atoms with Crippen molar-refractivity contribution in [2.24, 2.45) is 5.41 Å². The lowest BCUT2D eigenvalue weighted by atomic mass is 9.79. The highest BCUT2D eigenvalue weighted by Crippen LogP contribution is 2.33. The lowest BCUT2D eigenvalue weighted by Crippen LogP contribution is -2.27. The van der Waals surface area contributed by atoms with E-state index in [0.717, 1.165) is 24.3 Å². The predicted octanol–water partition coefficient (Wildman–Crippen LogP) is 3.85. The van der Waals surface area contributed by atoms with E-state index in [-0.39, 0.29) is 0 Å². The summed E-state index contributed by atoms with van der Waals surface area (Å²) in [5.41, 5.74) is 2.88. The molecule has 1 aromatic carbocycles. The lowest BCUT2D eigenvalue weighted by molar-refractivity contribution is 0.364. The van der Waals surface area contributed by atoms with Crippen LogP contribution in [0.1, 0.15) is 32.3 Å². The Morgan fingerprint density at radius 3 is 2.53 bits per heavy atom. The Kier molecular flexibility index (Phi) is 3.63. The van der Waals surface area contributed by atoms with Crippen LogP contribution in [0.3, 0.4) is 0 Å². The molecular weight excluding hydrogens is 226 g/mol. The van der Waals surface area contributed by atoms with Crippen molar-refractivity contribution in [3.8, 4) is 0 Å². The van der Waals surface area contributed by atoms with Gasteiger partial charge in [-0.2, -0.15) is 0 Å².